The second-order valence-electron chi connectivity index (χ2n) is 8.58. The SMILES string of the molecule is CCCCCC(Oc1ccc(-c2ccc(C(F)(F)F)cc2)nc1)c1ccc(C(=O)NCCC(=O)O)cc1. The van der Waals surface area contributed by atoms with Crippen LogP contribution in [0.3, 0.4) is 0 Å². The number of unbranched alkanes of at least 4 members (excludes halogenated alkanes) is 2. The molecule has 3 aromatic rings. The highest BCUT2D eigenvalue weighted by Gasteiger charge is 2.30. The van der Waals surface area contributed by atoms with Gasteiger partial charge in [0, 0.05) is 17.7 Å². The number of nitrogens with zero attached hydrogens (tertiary/aromatic N) is 1. The number of carboxylic acids is 1. The van der Waals surface area contributed by atoms with Gasteiger partial charge in [-0.15, -0.1) is 0 Å². The second-order valence-corrected chi connectivity index (χ2v) is 8.58. The van der Waals surface area contributed by atoms with Crippen LogP contribution in [-0.4, -0.2) is 28.5 Å². The molecule has 1 amide bonds. The van der Waals surface area contributed by atoms with Gasteiger partial charge in [-0.1, -0.05) is 44.0 Å². The van der Waals surface area contributed by atoms with E-state index in [1.165, 1.54) is 12.1 Å². The third kappa shape index (κ3) is 8.34. The Kier molecular flexibility index (Phi) is 9.65. The quantitative estimate of drug-likeness (QED) is 0.264. The van der Waals surface area contributed by atoms with Crippen LogP contribution >= 0.6 is 0 Å². The molecule has 3 rings (SSSR count). The summed E-state index contributed by atoms with van der Waals surface area (Å²) in [5.74, 6) is -0.809. The Morgan fingerprint density at radius 2 is 1.70 bits per heavy atom. The van der Waals surface area contributed by atoms with E-state index >= 15 is 0 Å². The number of amides is 1. The Hall–Kier alpha value is -3.88. The van der Waals surface area contributed by atoms with Gasteiger partial charge in [-0.05, 0) is 54.8 Å². The molecular formula is C28H29F3N2O4. The van der Waals surface area contributed by atoms with Crippen molar-refractivity contribution < 1.29 is 32.6 Å². The number of halogens is 3. The summed E-state index contributed by atoms with van der Waals surface area (Å²) in [4.78, 5) is 27.2. The molecule has 2 N–H and O–H groups in total. The van der Waals surface area contributed by atoms with Crippen LogP contribution < -0.4 is 10.1 Å². The highest BCUT2D eigenvalue weighted by Crippen LogP contribution is 2.31. The zero-order valence-corrected chi connectivity index (χ0v) is 20.4. The number of nitrogens with one attached hydrogen (secondary N) is 1. The van der Waals surface area contributed by atoms with Crippen molar-refractivity contribution in [1.29, 1.82) is 0 Å². The summed E-state index contributed by atoms with van der Waals surface area (Å²) in [6.07, 6.45) is 0.495. The molecule has 1 heterocycles. The maximum absolute atomic E-state index is 12.8. The third-order valence-corrected chi connectivity index (χ3v) is 5.76. The van der Waals surface area contributed by atoms with E-state index in [1.807, 2.05) is 12.1 Å². The average molecular weight is 515 g/mol. The molecule has 9 heteroatoms. The predicted molar refractivity (Wildman–Crippen MR) is 133 cm³/mol. The lowest BCUT2D eigenvalue weighted by Gasteiger charge is -2.20. The second kappa shape index (κ2) is 12.9. The number of rotatable bonds is 12. The van der Waals surface area contributed by atoms with Crippen molar-refractivity contribution in [3.05, 3.63) is 83.6 Å². The Balaban J connectivity index is 1.70. The molecule has 1 unspecified atom stereocenters. The van der Waals surface area contributed by atoms with Crippen LogP contribution in [0.4, 0.5) is 13.2 Å². The first-order chi connectivity index (χ1) is 17.7. The van der Waals surface area contributed by atoms with Gasteiger partial charge in [0.25, 0.3) is 5.91 Å². The number of aliphatic carboxylic acids is 1. The fourth-order valence-electron chi connectivity index (χ4n) is 3.72. The van der Waals surface area contributed by atoms with E-state index in [4.69, 9.17) is 9.84 Å². The Morgan fingerprint density at radius 1 is 1.00 bits per heavy atom. The molecule has 2 aromatic carbocycles. The first-order valence-electron chi connectivity index (χ1n) is 12.1. The van der Waals surface area contributed by atoms with E-state index < -0.39 is 17.7 Å². The van der Waals surface area contributed by atoms with Gasteiger partial charge < -0.3 is 15.2 Å². The summed E-state index contributed by atoms with van der Waals surface area (Å²) >= 11 is 0. The fourth-order valence-corrected chi connectivity index (χ4v) is 3.72. The largest absolute Gasteiger partial charge is 0.484 e. The van der Waals surface area contributed by atoms with Crippen molar-refractivity contribution in [3.63, 3.8) is 0 Å². The lowest BCUT2D eigenvalue weighted by molar-refractivity contribution is -0.138. The average Bonchev–Trinajstić information content (AvgIpc) is 2.88. The first kappa shape index (κ1) is 27.7. The number of alkyl halides is 3. The van der Waals surface area contributed by atoms with E-state index in [2.05, 4.69) is 17.2 Å². The van der Waals surface area contributed by atoms with Gasteiger partial charge in [0.2, 0.25) is 0 Å². The number of aromatic nitrogens is 1. The number of ether oxygens (including phenoxy) is 1. The van der Waals surface area contributed by atoms with Gasteiger partial charge in [0.1, 0.15) is 11.9 Å². The first-order valence-corrected chi connectivity index (χ1v) is 12.1. The topological polar surface area (TPSA) is 88.5 Å². The van der Waals surface area contributed by atoms with E-state index in [0.29, 0.717) is 22.6 Å². The minimum Gasteiger partial charge on any atom is -0.484 e. The smallest absolute Gasteiger partial charge is 0.416 e. The number of hydrogen-bond acceptors (Lipinski definition) is 4. The van der Waals surface area contributed by atoms with Crippen LogP contribution in [0.2, 0.25) is 0 Å². The third-order valence-electron chi connectivity index (χ3n) is 5.76. The van der Waals surface area contributed by atoms with E-state index in [-0.39, 0.29) is 25.0 Å². The van der Waals surface area contributed by atoms with Crippen molar-refractivity contribution in [3.8, 4) is 17.0 Å². The number of hydrogen-bond donors (Lipinski definition) is 2. The normalized spacial score (nSPS) is 12.1. The fraction of sp³-hybridized carbons (Fsp3) is 0.321. The number of benzene rings is 2. The van der Waals surface area contributed by atoms with Crippen LogP contribution in [-0.2, 0) is 11.0 Å². The van der Waals surface area contributed by atoms with Crippen molar-refractivity contribution >= 4 is 11.9 Å². The van der Waals surface area contributed by atoms with Crippen molar-refractivity contribution in [2.24, 2.45) is 0 Å². The number of carboxylic acid groups (broad SMARTS) is 1. The van der Waals surface area contributed by atoms with E-state index in [9.17, 15) is 22.8 Å². The molecule has 0 spiro atoms. The Morgan fingerprint density at radius 3 is 2.27 bits per heavy atom. The molecule has 37 heavy (non-hydrogen) atoms. The van der Waals surface area contributed by atoms with Crippen LogP contribution in [0.15, 0.2) is 66.9 Å². The van der Waals surface area contributed by atoms with Crippen molar-refractivity contribution in [1.82, 2.24) is 10.3 Å². The summed E-state index contributed by atoms with van der Waals surface area (Å²) in [7, 11) is 0. The molecule has 1 atom stereocenters. The van der Waals surface area contributed by atoms with Crippen molar-refractivity contribution in [2.75, 3.05) is 6.54 Å². The molecule has 0 fully saturated rings. The summed E-state index contributed by atoms with van der Waals surface area (Å²) in [6.45, 7) is 2.16. The van der Waals surface area contributed by atoms with E-state index in [0.717, 1.165) is 43.4 Å². The molecular weight excluding hydrogens is 485 g/mol. The zero-order valence-electron chi connectivity index (χ0n) is 20.4. The van der Waals surface area contributed by atoms with Crippen LogP contribution in [0.1, 0.15) is 66.6 Å². The molecule has 0 aliphatic heterocycles. The molecule has 196 valence electrons. The van der Waals surface area contributed by atoms with Crippen LogP contribution in [0.25, 0.3) is 11.3 Å². The minimum absolute atomic E-state index is 0.0497. The zero-order chi connectivity index (χ0) is 26.8. The van der Waals surface area contributed by atoms with Gasteiger partial charge in [-0.3, -0.25) is 14.6 Å². The summed E-state index contributed by atoms with van der Waals surface area (Å²) in [5.41, 5.74) is 1.68. The maximum Gasteiger partial charge on any atom is 0.416 e. The highest BCUT2D eigenvalue weighted by molar-refractivity contribution is 5.94. The molecule has 0 radical (unpaired) electrons. The number of carbonyl (C=O) groups is 2. The molecule has 0 bridgehead atoms. The standard InChI is InChI=1S/C28H29F3N2O4/c1-2-3-4-5-25(20-6-8-21(9-7-20)27(36)32-17-16-26(34)35)37-23-14-15-24(33-18-23)19-10-12-22(13-11-19)28(29,30)31/h6-15,18,25H,2-5,16-17H2,1H3,(H,32,36)(H,34,35). The summed E-state index contributed by atoms with van der Waals surface area (Å²) in [5, 5.41) is 11.3. The lowest BCUT2D eigenvalue weighted by atomic mass is 10.0. The molecule has 0 saturated heterocycles. The molecule has 1 aromatic heterocycles. The summed E-state index contributed by atoms with van der Waals surface area (Å²) < 4.78 is 44.7. The van der Waals surface area contributed by atoms with Gasteiger partial charge in [-0.25, -0.2) is 0 Å². The van der Waals surface area contributed by atoms with Crippen LogP contribution in [0.5, 0.6) is 5.75 Å². The number of carbonyl (C=O) groups excluding carboxylic acids is 1. The molecule has 0 saturated carbocycles. The number of pyridine rings is 1. The highest BCUT2D eigenvalue weighted by atomic mass is 19.4. The summed E-state index contributed by atoms with van der Waals surface area (Å²) in [6, 6.07) is 15.2. The molecule has 6 nitrogen and oxygen atoms in total. The monoisotopic (exact) mass is 514 g/mol. The maximum atomic E-state index is 12.8. The Labute approximate surface area is 213 Å². The predicted octanol–water partition coefficient (Wildman–Crippen LogP) is 6.67. The lowest BCUT2D eigenvalue weighted by Crippen LogP contribution is -2.26. The van der Waals surface area contributed by atoms with Gasteiger partial charge in [-0.2, -0.15) is 13.2 Å². The molecule has 0 aliphatic carbocycles. The van der Waals surface area contributed by atoms with Gasteiger partial charge in [0.05, 0.1) is 23.9 Å². The minimum atomic E-state index is -4.39. The van der Waals surface area contributed by atoms with E-state index in [1.54, 1.807) is 30.5 Å². The van der Waals surface area contributed by atoms with Crippen LogP contribution in [0, 0.1) is 0 Å². The van der Waals surface area contributed by atoms with Gasteiger partial charge >= 0.3 is 12.1 Å². The van der Waals surface area contributed by atoms with Crippen molar-refractivity contribution in [2.45, 2.75) is 51.3 Å². The van der Waals surface area contributed by atoms with Gasteiger partial charge in [0.15, 0.2) is 0 Å². The Bertz CT molecular complexity index is 1160. The molecule has 0 aliphatic rings.